The molecule has 2 aromatic rings. The Balaban J connectivity index is 1.92. The molecule has 1 fully saturated rings. The molecule has 0 aliphatic carbocycles. The first-order valence-electron chi connectivity index (χ1n) is 8.26. The summed E-state index contributed by atoms with van der Waals surface area (Å²) in [6.07, 6.45) is -0.251. The van der Waals surface area contributed by atoms with E-state index in [1.54, 1.807) is 4.90 Å². The molecule has 132 valence electrons. The van der Waals surface area contributed by atoms with Gasteiger partial charge in [-0.3, -0.25) is 9.59 Å². The molecular weight excluding hydrogens is 322 g/mol. The molecule has 0 radical (unpaired) electrons. The molecule has 2 unspecified atom stereocenters. The summed E-state index contributed by atoms with van der Waals surface area (Å²) in [7, 11) is 0. The predicted octanol–water partition coefficient (Wildman–Crippen LogP) is 1.75. The first-order valence-corrected chi connectivity index (χ1v) is 8.26. The lowest BCUT2D eigenvalue weighted by Crippen LogP contribution is -2.37. The topological polar surface area (TPSA) is 95.7 Å². The van der Waals surface area contributed by atoms with Gasteiger partial charge >= 0.3 is 0 Å². The van der Waals surface area contributed by atoms with Crippen molar-refractivity contribution in [3.8, 4) is 11.3 Å². The van der Waals surface area contributed by atoms with Crippen molar-refractivity contribution < 1.29 is 19.2 Å². The quantitative estimate of drug-likeness (QED) is 0.882. The van der Waals surface area contributed by atoms with E-state index in [4.69, 9.17) is 4.52 Å². The summed E-state index contributed by atoms with van der Waals surface area (Å²) in [5, 5.41) is 16.8. The van der Waals surface area contributed by atoms with Crippen LogP contribution >= 0.6 is 0 Å². The fourth-order valence-electron chi connectivity index (χ4n) is 3.10. The van der Waals surface area contributed by atoms with Crippen LogP contribution in [0.1, 0.15) is 42.5 Å². The Hall–Kier alpha value is -2.67. The smallest absolute Gasteiger partial charge is 0.259 e. The van der Waals surface area contributed by atoms with Crippen molar-refractivity contribution in [3.63, 3.8) is 0 Å². The van der Waals surface area contributed by atoms with E-state index in [0.29, 0.717) is 25.2 Å². The van der Waals surface area contributed by atoms with Gasteiger partial charge in [0, 0.05) is 31.6 Å². The Morgan fingerprint density at radius 1 is 1.36 bits per heavy atom. The number of benzene rings is 1. The molecule has 0 saturated carbocycles. The van der Waals surface area contributed by atoms with E-state index in [-0.39, 0.29) is 29.2 Å². The molecule has 1 aromatic heterocycles. The molecule has 2 heterocycles. The highest BCUT2D eigenvalue weighted by molar-refractivity contribution is 6.01. The Morgan fingerprint density at radius 3 is 2.72 bits per heavy atom. The van der Waals surface area contributed by atoms with E-state index in [0.717, 1.165) is 5.56 Å². The van der Waals surface area contributed by atoms with Gasteiger partial charge in [0.2, 0.25) is 5.91 Å². The number of hydrogen-bond acceptors (Lipinski definition) is 5. The summed E-state index contributed by atoms with van der Waals surface area (Å²) in [6, 6.07) is 9.19. The number of carbonyl (C=O) groups excluding carboxylic acids is 2. The Kier molecular flexibility index (Phi) is 4.85. The third kappa shape index (κ3) is 3.56. The number of nitrogens with one attached hydrogen (secondary N) is 1. The van der Waals surface area contributed by atoms with Crippen LogP contribution in [0.3, 0.4) is 0 Å². The molecule has 1 saturated heterocycles. The second-order valence-corrected chi connectivity index (χ2v) is 6.25. The Labute approximate surface area is 145 Å². The van der Waals surface area contributed by atoms with Gasteiger partial charge in [-0.15, -0.1) is 0 Å². The monoisotopic (exact) mass is 343 g/mol. The van der Waals surface area contributed by atoms with Gasteiger partial charge in [-0.1, -0.05) is 35.5 Å². The first kappa shape index (κ1) is 17.2. The normalized spacial score (nSPS) is 18.2. The standard InChI is InChI=1S/C18H21N3O4/c1-11(22)17-15(16(20-25-17)13-6-4-3-5-7-13)18(24)21-9-8-14(10-21)19-12(2)23/h3-7,11,14,22H,8-10H2,1-2H3,(H,19,23). The highest BCUT2D eigenvalue weighted by atomic mass is 16.5. The molecule has 2 N–H and O–H groups in total. The molecule has 25 heavy (non-hydrogen) atoms. The van der Waals surface area contributed by atoms with Crippen molar-refractivity contribution in [1.29, 1.82) is 0 Å². The minimum atomic E-state index is -0.947. The van der Waals surface area contributed by atoms with Crippen molar-refractivity contribution in [2.45, 2.75) is 32.4 Å². The highest BCUT2D eigenvalue weighted by Gasteiger charge is 2.33. The number of rotatable bonds is 4. The summed E-state index contributed by atoms with van der Waals surface area (Å²) in [4.78, 5) is 25.9. The first-order chi connectivity index (χ1) is 12.0. The minimum absolute atomic E-state index is 0.0588. The molecule has 3 rings (SSSR count). The average molecular weight is 343 g/mol. The lowest BCUT2D eigenvalue weighted by Gasteiger charge is -2.17. The second-order valence-electron chi connectivity index (χ2n) is 6.25. The highest BCUT2D eigenvalue weighted by Crippen LogP contribution is 2.31. The summed E-state index contributed by atoms with van der Waals surface area (Å²) in [5.41, 5.74) is 1.45. The van der Waals surface area contributed by atoms with Gasteiger partial charge in [0.05, 0.1) is 0 Å². The second kappa shape index (κ2) is 7.06. The molecule has 1 aliphatic rings. The van der Waals surface area contributed by atoms with Crippen molar-refractivity contribution in [2.24, 2.45) is 0 Å². The Bertz CT molecular complexity index is 770. The van der Waals surface area contributed by atoms with Crippen LogP contribution < -0.4 is 5.32 Å². The molecule has 2 atom stereocenters. The fourth-order valence-corrected chi connectivity index (χ4v) is 3.10. The predicted molar refractivity (Wildman–Crippen MR) is 90.7 cm³/mol. The zero-order chi connectivity index (χ0) is 18.0. The van der Waals surface area contributed by atoms with E-state index in [2.05, 4.69) is 10.5 Å². The van der Waals surface area contributed by atoms with E-state index in [1.807, 2.05) is 30.3 Å². The van der Waals surface area contributed by atoms with Crippen molar-refractivity contribution in [1.82, 2.24) is 15.4 Å². The van der Waals surface area contributed by atoms with E-state index in [9.17, 15) is 14.7 Å². The number of hydrogen-bond donors (Lipinski definition) is 2. The number of aliphatic hydroxyl groups excluding tert-OH is 1. The molecule has 0 bridgehead atoms. The number of aliphatic hydroxyl groups is 1. The van der Waals surface area contributed by atoms with Crippen LogP contribution in [0.25, 0.3) is 11.3 Å². The molecule has 7 nitrogen and oxygen atoms in total. The van der Waals surface area contributed by atoms with Crippen LogP contribution in [-0.2, 0) is 4.79 Å². The van der Waals surface area contributed by atoms with E-state index in [1.165, 1.54) is 13.8 Å². The number of nitrogens with zero attached hydrogens (tertiary/aromatic N) is 2. The van der Waals surface area contributed by atoms with Crippen LogP contribution in [0.15, 0.2) is 34.9 Å². The number of likely N-dealkylation sites (tertiary alicyclic amines) is 1. The van der Waals surface area contributed by atoms with Crippen molar-refractivity contribution >= 4 is 11.8 Å². The molecule has 2 amide bonds. The molecular formula is C18H21N3O4. The lowest BCUT2D eigenvalue weighted by molar-refractivity contribution is -0.119. The maximum atomic E-state index is 13.1. The van der Waals surface area contributed by atoms with Gasteiger partial charge in [-0.05, 0) is 13.3 Å². The number of aromatic nitrogens is 1. The molecule has 7 heteroatoms. The zero-order valence-electron chi connectivity index (χ0n) is 14.2. The summed E-state index contributed by atoms with van der Waals surface area (Å²) in [5.74, 6) is -0.199. The third-order valence-electron chi connectivity index (χ3n) is 4.24. The SMILES string of the molecule is CC(=O)NC1CCN(C(=O)c2c(-c3ccccc3)noc2C(C)O)C1. The maximum Gasteiger partial charge on any atom is 0.259 e. The molecule has 1 aromatic carbocycles. The minimum Gasteiger partial charge on any atom is -0.385 e. The van der Waals surface area contributed by atoms with Gasteiger partial charge in [-0.25, -0.2) is 0 Å². The number of carbonyl (C=O) groups is 2. The fraction of sp³-hybridized carbons (Fsp3) is 0.389. The van der Waals surface area contributed by atoms with Gasteiger partial charge in [-0.2, -0.15) is 0 Å². The Morgan fingerprint density at radius 2 is 2.08 bits per heavy atom. The third-order valence-corrected chi connectivity index (χ3v) is 4.24. The summed E-state index contributed by atoms with van der Waals surface area (Å²) >= 11 is 0. The number of amides is 2. The molecule has 1 aliphatic heterocycles. The van der Waals surface area contributed by atoms with Crippen LogP contribution in [-0.4, -0.2) is 46.1 Å². The van der Waals surface area contributed by atoms with Gasteiger partial charge in [0.1, 0.15) is 17.4 Å². The van der Waals surface area contributed by atoms with Gasteiger partial charge < -0.3 is 19.8 Å². The van der Waals surface area contributed by atoms with Crippen LogP contribution in [0.4, 0.5) is 0 Å². The van der Waals surface area contributed by atoms with Crippen LogP contribution in [0.5, 0.6) is 0 Å². The lowest BCUT2D eigenvalue weighted by atomic mass is 10.0. The van der Waals surface area contributed by atoms with Gasteiger partial charge in [0.15, 0.2) is 5.76 Å². The molecule has 0 spiro atoms. The maximum absolute atomic E-state index is 13.1. The van der Waals surface area contributed by atoms with Gasteiger partial charge in [0.25, 0.3) is 5.91 Å². The summed E-state index contributed by atoms with van der Waals surface area (Å²) in [6.45, 7) is 3.96. The van der Waals surface area contributed by atoms with Crippen LogP contribution in [0.2, 0.25) is 0 Å². The average Bonchev–Trinajstić information content (AvgIpc) is 3.21. The van der Waals surface area contributed by atoms with Crippen LogP contribution in [0, 0.1) is 0 Å². The summed E-state index contributed by atoms with van der Waals surface area (Å²) < 4.78 is 5.27. The van der Waals surface area contributed by atoms with E-state index < -0.39 is 6.10 Å². The van der Waals surface area contributed by atoms with Crippen molar-refractivity contribution in [3.05, 3.63) is 41.7 Å². The van der Waals surface area contributed by atoms with E-state index >= 15 is 0 Å². The zero-order valence-corrected chi connectivity index (χ0v) is 14.2. The largest absolute Gasteiger partial charge is 0.385 e. The van der Waals surface area contributed by atoms with Crippen molar-refractivity contribution in [2.75, 3.05) is 13.1 Å².